The summed E-state index contributed by atoms with van der Waals surface area (Å²) in [6.07, 6.45) is 9.69. The topological polar surface area (TPSA) is 68.1 Å². The van der Waals surface area contributed by atoms with E-state index in [1.807, 2.05) is 38.1 Å². The molecule has 1 aromatic rings. The summed E-state index contributed by atoms with van der Waals surface area (Å²) in [5.41, 5.74) is 0.519. The maximum atomic E-state index is 10.9. The largest absolute Gasteiger partial charge is 0.411 e. The van der Waals surface area contributed by atoms with Crippen molar-refractivity contribution < 1.29 is 19.5 Å². The third-order valence-corrected chi connectivity index (χ3v) is 3.01. The van der Waals surface area contributed by atoms with Gasteiger partial charge in [0.05, 0.1) is 0 Å². The molecule has 0 saturated heterocycles. The zero-order valence-electron chi connectivity index (χ0n) is 13.5. The number of hydrogen-bond donors (Lipinski definition) is 1. The number of hydrogen-bond acceptors (Lipinski definition) is 5. The van der Waals surface area contributed by atoms with Crippen molar-refractivity contribution in [2.45, 2.75) is 26.1 Å². The molecule has 0 aromatic heterocycles. The van der Waals surface area contributed by atoms with Gasteiger partial charge in [-0.15, -0.1) is 0 Å². The van der Waals surface area contributed by atoms with E-state index in [-0.39, 0.29) is 5.78 Å². The normalized spacial score (nSPS) is 15.2. The fraction of sp³-hybridized carbons (Fsp3) is 0.333. The second kappa shape index (κ2) is 10.5. The zero-order valence-corrected chi connectivity index (χ0v) is 13.5. The summed E-state index contributed by atoms with van der Waals surface area (Å²) in [6.45, 7) is 5.32. The van der Waals surface area contributed by atoms with E-state index in [0.29, 0.717) is 18.8 Å². The van der Waals surface area contributed by atoms with Crippen LogP contribution in [0.1, 0.15) is 30.6 Å². The summed E-state index contributed by atoms with van der Waals surface area (Å²) in [6, 6.07) is 8.62. The van der Waals surface area contributed by atoms with Crippen molar-refractivity contribution in [2.24, 2.45) is 5.16 Å². The smallest absolute Gasteiger partial charge is 0.207 e. The van der Waals surface area contributed by atoms with E-state index < -0.39 is 5.79 Å². The van der Waals surface area contributed by atoms with Gasteiger partial charge in [-0.25, -0.2) is 0 Å². The van der Waals surface area contributed by atoms with Crippen LogP contribution in [0.15, 0.2) is 59.8 Å². The van der Waals surface area contributed by atoms with E-state index in [1.165, 1.54) is 0 Å². The number of carbonyl (C=O) groups is 1. The maximum Gasteiger partial charge on any atom is 0.207 e. The number of oxime groups is 1. The Hall–Kier alpha value is -2.24. The van der Waals surface area contributed by atoms with Gasteiger partial charge in [-0.3, -0.25) is 4.79 Å². The SMILES string of the molecule is CCOC1(OCC)C=CC=CC1.O=C(C=NO)c1ccccc1. The molecule has 0 aliphatic heterocycles. The minimum absolute atomic E-state index is 0.298. The lowest BCUT2D eigenvalue weighted by molar-refractivity contribution is -0.197. The van der Waals surface area contributed by atoms with E-state index in [4.69, 9.17) is 14.7 Å². The molecular formula is C18H23NO4. The van der Waals surface area contributed by atoms with Crippen molar-refractivity contribution in [3.05, 3.63) is 60.2 Å². The molecule has 1 aliphatic carbocycles. The van der Waals surface area contributed by atoms with E-state index in [2.05, 4.69) is 11.2 Å². The lowest BCUT2D eigenvalue weighted by Crippen LogP contribution is -2.34. The third kappa shape index (κ3) is 6.59. The Morgan fingerprint density at radius 2 is 1.87 bits per heavy atom. The number of ether oxygens (including phenoxy) is 2. The first-order chi connectivity index (χ1) is 11.2. The zero-order chi connectivity index (χ0) is 17.0. The van der Waals surface area contributed by atoms with Gasteiger partial charge in [0.25, 0.3) is 0 Å². The predicted octanol–water partition coefficient (Wildman–Crippen LogP) is 3.60. The van der Waals surface area contributed by atoms with Gasteiger partial charge in [0.15, 0.2) is 5.79 Å². The van der Waals surface area contributed by atoms with Crippen LogP contribution in [0, 0.1) is 0 Å². The Labute approximate surface area is 136 Å². The van der Waals surface area contributed by atoms with Crippen LogP contribution in [0.2, 0.25) is 0 Å². The van der Waals surface area contributed by atoms with Gasteiger partial charge in [-0.2, -0.15) is 0 Å². The quantitative estimate of drug-likeness (QED) is 0.286. The average molecular weight is 317 g/mol. The number of nitrogens with zero attached hydrogens (tertiary/aromatic N) is 1. The Morgan fingerprint density at radius 3 is 2.35 bits per heavy atom. The number of Topliss-reactive ketones (excluding diaryl/α,β-unsaturated/α-hetero) is 1. The van der Waals surface area contributed by atoms with Gasteiger partial charge in [-0.05, 0) is 19.9 Å². The van der Waals surface area contributed by atoms with Gasteiger partial charge in [0.1, 0.15) is 6.21 Å². The molecule has 0 amide bonds. The summed E-state index contributed by atoms with van der Waals surface area (Å²) in [7, 11) is 0. The Kier molecular flexibility index (Phi) is 8.57. The van der Waals surface area contributed by atoms with E-state index in [0.717, 1.165) is 12.6 Å². The fourth-order valence-electron chi connectivity index (χ4n) is 2.05. The molecule has 1 aromatic carbocycles. The van der Waals surface area contributed by atoms with Gasteiger partial charge in [-0.1, -0.05) is 53.7 Å². The predicted molar refractivity (Wildman–Crippen MR) is 89.9 cm³/mol. The van der Waals surface area contributed by atoms with Crippen LogP contribution in [0.25, 0.3) is 0 Å². The molecular weight excluding hydrogens is 294 g/mol. The van der Waals surface area contributed by atoms with Crippen LogP contribution in [-0.2, 0) is 9.47 Å². The number of rotatable bonds is 6. The molecule has 0 fully saturated rings. The molecule has 0 atom stereocenters. The molecule has 1 aliphatic rings. The standard InChI is InChI=1S/C10H16O2.C8H7NO2/c1-3-11-10(12-4-2)8-6-5-7-9-10;10-8(6-9-11)7-4-2-1-3-5-7/h5-8H,3-4,9H2,1-2H3;1-6,11H. The number of benzene rings is 1. The molecule has 0 bridgehead atoms. The second-order valence-corrected chi connectivity index (χ2v) is 4.64. The molecule has 0 saturated carbocycles. The van der Waals surface area contributed by atoms with Crippen LogP contribution < -0.4 is 0 Å². The molecule has 1 N–H and O–H groups in total. The first kappa shape index (κ1) is 18.8. The first-order valence-corrected chi connectivity index (χ1v) is 7.56. The third-order valence-electron chi connectivity index (χ3n) is 3.01. The average Bonchev–Trinajstić information content (AvgIpc) is 2.58. The van der Waals surface area contributed by atoms with Crippen LogP contribution >= 0.6 is 0 Å². The maximum absolute atomic E-state index is 10.9. The monoisotopic (exact) mass is 317 g/mol. The number of carbonyl (C=O) groups excluding carboxylic acids is 1. The molecule has 23 heavy (non-hydrogen) atoms. The van der Waals surface area contributed by atoms with E-state index >= 15 is 0 Å². The van der Waals surface area contributed by atoms with Crippen molar-refractivity contribution in [1.82, 2.24) is 0 Å². The van der Waals surface area contributed by atoms with Gasteiger partial charge < -0.3 is 14.7 Å². The Balaban J connectivity index is 0.000000231. The lowest BCUT2D eigenvalue weighted by Gasteiger charge is -2.30. The number of allylic oxidation sites excluding steroid dienone is 2. The molecule has 0 radical (unpaired) electrons. The summed E-state index contributed by atoms with van der Waals surface area (Å²) in [5, 5.41) is 10.7. The number of ketones is 1. The fourth-order valence-corrected chi connectivity index (χ4v) is 2.05. The molecule has 5 nitrogen and oxygen atoms in total. The van der Waals surface area contributed by atoms with Crippen molar-refractivity contribution in [1.29, 1.82) is 0 Å². The molecule has 124 valence electrons. The minimum Gasteiger partial charge on any atom is -0.411 e. The van der Waals surface area contributed by atoms with Crippen molar-refractivity contribution in [2.75, 3.05) is 13.2 Å². The van der Waals surface area contributed by atoms with Gasteiger partial charge >= 0.3 is 0 Å². The van der Waals surface area contributed by atoms with Gasteiger partial charge in [0, 0.05) is 25.2 Å². The van der Waals surface area contributed by atoms with Crippen molar-refractivity contribution in [3.8, 4) is 0 Å². The molecule has 2 rings (SSSR count). The Morgan fingerprint density at radius 1 is 1.22 bits per heavy atom. The molecule has 0 spiro atoms. The van der Waals surface area contributed by atoms with Crippen molar-refractivity contribution in [3.63, 3.8) is 0 Å². The first-order valence-electron chi connectivity index (χ1n) is 7.56. The van der Waals surface area contributed by atoms with Gasteiger partial charge in [0.2, 0.25) is 5.78 Å². The highest BCUT2D eigenvalue weighted by molar-refractivity contribution is 6.35. The summed E-state index contributed by atoms with van der Waals surface area (Å²) in [4.78, 5) is 10.9. The highest BCUT2D eigenvalue weighted by atomic mass is 16.7. The minimum atomic E-state index is -0.488. The van der Waals surface area contributed by atoms with Crippen LogP contribution in [-0.4, -0.2) is 36.2 Å². The second-order valence-electron chi connectivity index (χ2n) is 4.64. The van der Waals surface area contributed by atoms with Crippen molar-refractivity contribution >= 4 is 12.0 Å². The highest BCUT2D eigenvalue weighted by Gasteiger charge is 2.27. The highest BCUT2D eigenvalue weighted by Crippen LogP contribution is 2.23. The Bertz CT molecular complexity index is 543. The van der Waals surface area contributed by atoms with Crippen LogP contribution in [0.4, 0.5) is 0 Å². The molecule has 5 heteroatoms. The van der Waals surface area contributed by atoms with Crippen LogP contribution in [0.3, 0.4) is 0 Å². The summed E-state index contributed by atoms with van der Waals surface area (Å²) in [5.74, 6) is -0.786. The van der Waals surface area contributed by atoms with E-state index in [1.54, 1.807) is 24.3 Å². The van der Waals surface area contributed by atoms with Crippen LogP contribution in [0.5, 0.6) is 0 Å². The summed E-state index contributed by atoms with van der Waals surface area (Å²) >= 11 is 0. The molecule has 0 unspecified atom stereocenters. The lowest BCUT2D eigenvalue weighted by atomic mass is 10.1. The summed E-state index contributed by atoms with van der Waals surface area (Å²) < 4.78 is 11.1. The molecule has 0 heterocycles. The van der Waals surface area contributed by atoms with E-state index in [9.17, 15) is 4.79 Å².